The Bertz CT molecular complexity index is 1200. The summed E-state index contributed by atoms with van der Waals surface area (Å²) in [6.07, 6.45) is 2.76. The first-order valence-electron chi connectivity index (χ1n) is 12.1. The Kier molecular flexibility index (Phi) is 7.73. The van der Waals surface area contributed by atoms with Crippen molar-refractivity contribution in [3.63, 3.8) is 0 Å². The minimum Gasteiger partial charge on any atom is -0.465 e. The van der Waals surface area contributed by atoms with Crippen molar-refractivity contribution in [2.45, 2.75) is 43.9 Å². The molecule has 2 aliphatic rings. The highest BCUT2D eigenvalue weighted by atomic mass is 35.5. The maximum Gasteiger partial charge on any atom is 0.407 e. The molecule has 2 amide bonds. The van der Waals surface area contributed by atoms with Crippen molar-refractivity contribution >= 4 is 23.6 Å². The van der Waals surface area contributed by atoms with Crippen LogP contribution >= 0.6 is 11.6 Å². The number of pyridine rings is 1. The third kappa shape index (κ3) is 5.43. The SMILES string of the molecule is COCCc1ccc(Cl)c(CN(C(=O)[C@H]2CN(C(=O)O)CC[C@]2(O)c2ccn(C)c(=O)c2)C2CC2)c1. The number of rotatable bonds is 8. The minimum atomic E-state index is -1.67. The molecule has 0 bridgehead atoms. The summed E-state index contributed by atoms with van der Waals surface area (Å²) >= 11 is 6.50. The largest absolute Gasteiger partial charge is 0.465 e. The van der Waals surface area contributed by atoms with Gasteiger partial charge < -0.3 is 29.3 Å². The Morgan fingerprint density at radius 3 is 2.64 bits per heavy atom. The lowest BCUT2D eigenvalue weighted by atomic mass is 9.75. The standard InChI is InChI=1S/C26H32ClN3O6/c1-28-10-7-19(14-23(28)31)26(35)9-11-29(25(33)34)16-21(26)24(32)30(20-4-5-20)15-18-13-17(8-12-36-2)3-6-22(18)27/h3,6-7,10,13-14,20-21,35H,4-5,8-9,11-12,15-16H2,1-2H3,(H,33,34)/t21-,26+/m1/s1. The van der Waals surface area contributed by atoms with Crippen molar-refractivity contribution in [2.75, 3.05) is 26.8 Å². The molecule has 2 heterocycles. The first-order chi connectivity index (χ1) is 17.1. The van der Waals surface area contributed by atoms with Crippen molar-refractivity contribution in [1.29, 1.82) is 0 Å². The van der Waals surface area contributed by atoms with Crippen molar-refractivity contribution in [3.05, 3.63) is 68.6 Å². The summed E-state index contributed by atoms with van der Waals surface area (Å²) in [6, 6.07) is 8.63. The molecule has 9 nitrogen and oxygen atoms in total. The van der Waals surface area contributed by atoms with Crippen molar-refractivity contribution in [3.8, 4) is 0 Å². The Morgan fingerprint density at radius 1 is 1.25 bits per heavy atom. The molecule has 10 heteroatoms. The maximum atomic E-state index is 14.1. The maximum absolute atomic E-state index is 14.1. The predicted molar refractivity (Wildman–Crippen MR) is 134 cm³/mol. The van der Waals surface area contributed by atoms with Gasteiger partial charge in [-0.15, -0.1) is 0 Å². The van der Waals surface area contributed by atoms with Gasteiger partial charge in [0.15, 0.2) is 0 Å². The van der Waals surface area contributed by atoms with Crippen LogP contribution in [0.15, 0.2) is 41.3 Å². The number of benzene rings is 1. The summed E-state index contributed by atoms with van der Waals surface area (Å²) < 4.78 is 6.55. The third-order valence-electron chi connectivity index (χ3n) is 7.23. The Hall–Kier alpha value is -2.88. The zero-order valence-electron chi connectivity index (χ0n) is 20.5. The first-order valence-corrected chi connectivity index (χ1v) is 12.5. The molecule has 36 heavy (non-hydrogen) atoms. The molecule has 0 radical (unpaired) electrons. The van der Waals surface area contributed by atoms with Crippen LogP contribution in [0.4, 0.5) is 4.79 Å². The smallest absolute Gasteiger partial charge is 0.407 e. The monoisotopic (exact) mass is 517 g/mol. The second kappa shape index (κ2) is 10.6. The van der Waals surface area contributed by atoms with E-state index in [0.717, 1.165) is 28.9 Å². The highest BCUT2D eigenvalue weighted by molar-refractivity contribution is 6.31. The van der Waals surface area contributed by atoms with Gasteiger partial charge in [0.2, 0.25) is 5.91 Å². The van der Waals surface area contributed by atoms with Gasteiger partial charge >= 0.3 is 6.09 Å². The molecule has 1 aromatic heterocycles. The number of methoxy groups -OCH3 is 1. The van der Waals surface area contributed by atoms with E-state index in [1.807, 2.05) is 12.1 Å². The van der Waals surface area contributed by atoms with Crippen LogP contribution in [-0.2, 0) is 35.1 Å². The van der Waals surface area contributed by atoms with Crippen LogP contribution in [0.25, 0.3) is 0 Å². The molecule has 0 spiro atoms. The molecule has 1 aromatic carbocycles. The van der Waals surface area contributed by atoms with E-state index >= 15 is 0 Å². The van der Waals surface area contributed by atoms with Gasteiger partial charge in [-0.05, 0) is 54.5 Å². The number of carbonyl (C=O) groups is 2. The molecule has 1 saturated carbocycles. The van der Waals surface area contributed by atoms with Crippen LogP contribution in [-0.4, -0.2) is 69.4 Å². The van der Waals surface area contributed by atoms with Gasteiger partial charge in [-0.2, -0.15) is 0 Å². The number of carbonyl (C=O) groups excluding carboxylic acids is 1. The lowest BCUT2D eigenvalue weighted by Gasteiger charge is -2.44. The van der Waals surface area contributed by atoms with Gasteiger partial charge in [-0.1, -0.05) is 23.7 Å². The van der Waals surface area contributed by atoms with Gasteiger partial charge in [0, 0.05) is 57.1 Å². The second-order valence-corrected chi connectivity index (χ2v) is 10.1. The summed E-state index contributed by atoms with van der Waals surface area (Å²) in [5.74, 6) is -1.41. The highest BCUT2D eigenvalue weighted by Gasteiger charge is 2.51. The predicted octanol–water partition coefficient (Wildman–Crippen LogP) is 2.61. The zero-order chi connectivity index (χ0) is 26.0. The number of nitrogens with zero attached hydrogens (tertiary/aromatic N) is 3. The first kappa shape index (κ1) is 26.2. The second-order valence-electron chi connectivity index (χ2n) is 9.69. The Labute approximate surface area is 214 Å². The summed E-state index contributed by atoms with van der Waals surface area (Å²) in [5.41, 5.74) is 0.156. The lowest BCUT2D eigenvalue weighted by Crippen LogP contribution is -2.57. The Balaban J connectivity index is 1.68. The van der Waals surface area contributed by atoms with Crippen LogP contribution in [0.5, 0.6) is 0 Å². The molecule has 2 atom stereocenters. The normalized spacial score (nSPS) is 21.9. The number of aliphatic hydroxyl groups is 1. The molecule has 1 aliphatic carbocycles. The van der Waals surface area contributed by atoms with E-state index in [2.05, 4.69) is 0 Å². The number of aryl methyl sites for hydroxylation is 1. The summed E-state index contributed by atoms with van der Waals surface area (Å²) in [7, 11) is 3.24. The van der Waals surface area contributed by atoms with E-state index in [9.17, 15) is 24.6 Å². The van der Waals surface area contributed by atoms with E-state index in [0.29, 0.717) is 23.6 Å². The van der Waals surface area contributed by atoms with Crippen molar-refractivity contribution in [2.24, 2.45) is 13.0 Å². The van der Waals surface area contributed by atoms with E-state index < -0.39 is 17.6 Å². The topological polar surface area (TPSA) is 112 Å². The number of ether oxygens (including phenoxy) is 1. The fourth-order valence-corrected chi connectivity index (χ4v) is 5.02. The Morgan fingerprint density at radius 2 is 2.00 bits per heavy atom. The fourth-order valence-electron chi connectivity index (χ4n) is 4.84. The molecule has 2 aromatic rings. The summed E-state index contributed by atoms with van der Waals surface area (Å²) in [5, 5.41) is 22.0. The van der Waals surface area contributed by atoms with Crippen LogP contribution in [0, 0.1) is 5.92 Å². The minimum absolute atomic E-state index is 0.00857. The van der Waals surface area contributed by atoms with Crippen molar-refractivity contribution in [1.82, 2.24) is 14.4 Å². The number of likely N-dealkylation sites (tertiary alicyclic amines) is 1. The van der Waals surface area contributed by atoms with E-state index in [1.165, 1.54) is 10.6 Å². The fraction of sp³-hybridized carbons (Fsp3) is 0.500. The molecular weight excluding hydrogens is 486 g/mol. The van der Waals surface area contributed by atoms with Crippen LogP contribution in [0.2, 0.25) is 5.02 Å². The summed E-state index contributed by atoms with van der Waals surface area (Å²) in [4.78, 5) is 41.0. The van der Waals surface area contributed by atoms with Gasteiger partial charge in [0.25, 0.3) is 5.56 Å². The number of halogens is 1. The molecule has 2 fully saturated rings. The average molecular weight is 518 g/mol. The van der Waals surface area contributed by atoms with Crippen LogP contribution in [0.3, 0.4) is 0 Å². The van der Waals surface area contributed by atoms with Gasteiger partial charge in [-0.3, -0.25) is 9.59 Å². The zero-order valence-corrected chi connectivity index (χ0v) is 21.3. The molecule has 2 N–H and O–H groups in total. The number of hydrogen-bond acceptors (Lipinski definition) is 5. The number of carboxylic acid groups (broad SMARTS) is 1. The van der Waals surface area contributed by atoms with Crippen LogP contribution < -0.4 is 5.56 Å². The molecule has 4 rings (SSSR count). The number of hydrogen-bond donors (Lipinski definition) is 2. The quantitative estimate of drug-likeness (QED) is 0.556. The van der Waals surface area contributed by atoms with E-state index in [4.69, 9.17) is 16.3 Å². The molecule has 194 valence electrons. The molecule has 1 aliphatic heterocycles. The molecule has 0 unspecified atom stereocenters. The van der Waals surface area contributed by atoms with E-state index in [-0.39, 0.29) is 43.6 Å². The highest BCUT2D eigenvalue weighted by Crippen LogP contribution is 2.41. The van der Waals surface area contributed by atoms with Crippen LogP contribution in [0.1, 0.15) is 36.0 Å². The third-order valence-corrected chi connectivity index (χ3v) is 7.60. The van der Waals surface area contributed by atoms with Crippen molar-refractivity contribution < 1.29 is 24.5 Å². The lowest BCUT2D eigenvalue weighted by molar-refractivity contribution is -0.154. The number of aromatic nitrogens is 1. The number of amides is 2. The average Bonchev–Trinajstić information content (AvgIpc) is 3.69. The summed E-state index contributed by atoms with van der Waals surface area (Å²) in [6.45, 7) is 0.703. The molecule has 1 saturated heterocycles. The van der Waals surface area contributed by atoms with Gasteiger partial charge in [-0.25, -0.2) is 4.79 Å². The number of piperidine rings is 1. The molecular formula is C26H32ClN3O6. The van der Waals surface area contributed by atoms with E-state index in [1.54, 1.807) is 37.4 Å². The van der Waals surface area contributed by atoms with Gasteiger partial charge in [0.05, 0.1) is 12.5 Å². The van der Waals surface area contributed by atoms with Gasteiger partial charge in [0.1, 0.15) is 5.60 Å².